The van der Waals surface area contributed by atoms with Crippen LogP contribution in [0.5, 0.6) is 0 Å². The molecule has 7 heteroatoms. The van der Waals surface area contributed by atoms with Crippen LogP contribution >= 0.6 is 0 Å². The first-order chi connectivity index (χ1) is 12.9. The van der Waals surface area contributed by atoms with E-state index in [2.05, 4.69) is 5.32 Å². The number of nitrogens with zero attached hydrogens (tertiary/aromatic N) is 1. The van der Waals surface area contributed by atoms with Gasteiger partial charge in [0, 0.05) is 24.7 Å². The minimum Gasteiger partial charge on any atom is -0.326 e. The third-order valence-corrected chi connectivity index (χ3v) is 6.72. The molecule has 0 bridgehead atoms. The Bertz CT molecular complexity index is 896. The third-order valence-electron chi connectivity index (χ3n) is 4.75. The second-order valence-corrected chi connectivity index (χ2v) is 8.73. The van der Waals surface area contributed by atoms with Gasteiger partial charge in [0.15, 0.2) is 0 Å². The molecule has 0 saturated carbocycles. The molecule has 0 spiro atoms. The van der Waals surface area contributed by atoms with E-state index in [1.165, 1.54) is 28.6 Å². The summed E-state index contributed by atoms with van der Waals surface area (Å²) in [6, 6.07) is 11.9. The lowest BCUT2D eigenvalue weighted by atomic mass is 10.0. The lowest BCUT2D eigenvalue weighted by molar-refractivity contribution is -0.117. The van der Waals surface area contributed by atoms with Crippen molar-refractivity contribution >= 4 is 21.6 Å². The summed E-state index contributed by atoms with van der Waals surface area (Å²) in [7, 11) is -3.65. The summed E-state index contributed by atoms with van der Waals surface area (Å²) in [5, 5.41) is 2.71. The van der Waals surface area contributed by atoms with Gasteiger partial charge in [-0.25, -0.2) is 12.8 Å². The average molecular weight is 390 g/mol. The van der Waals surface area contributed by atoms with Gasteiger partial charge in [0.2, 0.25) is 15.9 Å². The van der Waals surface area contributed by atoms with Crippen LogP contribution in [0.15, 0.2) is 53.4 Å². The van der Waals surface area contributed by atoms with E-state index in [1.54, 1.807) is 24.3 Å². The molecule has 0 radical (unpaired) electrons. The van der Waals surface area contributed by atoms with Gasteiger partial charge in [0.25, 0.3) is 0 Å². The standard InChI is InChI=1S/C20H23FN2O3S/c1-15-5-11-19(12-6-15)27(25,26)23-13-3-2-4-18(23)14-20(24)22-17-9-7-16(21)8-10-17/h5-12,18H,2-4,13-14H2,1H3,(H,22,24)/t18-/m1/s1. The Labute approximate surface area is 159 Å². The van der Waals surface area contributed by atoms with Crippen molar-refractivity contribution in [3.05, 3.63) is 59.9 Å². The summed E-state index contributed by atoms with van der Waals surface area (Å²) in [4.78, 5) is 12.6. The number of hydrogen-bond acceptors (Lipinski definition) is 3. The lowest BCUT2D eigenvalue weighted by Crippen LogP contribution is -2.45. The molecule has 1 saturated heterocycles. The number of hydrogen-bond donors (Lipinski definition) is 1. The van der Waals surface area contributed by atoms with Crippen LogP contribution in [0.2, 0.25) is 0 Å². The van der Waals surface area contributed by atoms with E-state index in [4.69, 9.17) is 0 Å². The molecular weight excluding hydrogens is 367 g/mol. The molecule has 1 aliphatic heterocycles. The minimum atomic E-state index is -3.65. The fourth-order valence-corrected chi connectivity index (χ4v) is 4.99. The molecular formula is C20H23FN2O3S. The van der Waals surface area contributed by atoms with Crippen LogP contribution < -0.4 is 5.32 Å². The maximum absolute atomic E-state index is 13.0. The normalized spacial score (nSPS) is 18.2. The number of carbonyl (C=O) groups excluding carboxylic acids is 1. The molecule has 2 aromatic rings. The highest BCUT2D eigenvalue weighted by Crippen LogP contribution is 2.27. The highest BCUT2D eigenvalue weighted by molar-refractivity contribution is 7.89. The molecule has 144 valence electrons. The van der Waals surface area contributed by atoms with E-state index >= 15 is 0 Å². The largest absolute Gasteiger partial charge is 0.326 e. The summed E-state index contributed by atoms with van der Waals surface area (Å²) < 4.78 is 40.5. The van der Waals surface area contributed by atoms with Gasteiger partial charge >= 0.3 is 0 Å². The fraction of sp³-hybridized carbons (Fsp3) is 0.350. The minimum absolute atomic E-state index is 0.0719. The average Bonchev–Trinajstić information content (AvgIpc) is 2.64. The Balaban J connectivity index is 1.73. The highest BCUT2D eigenvalue weighted by Gasteiger charge is 2.34. The predicted octanol–water partition coefficient (Wildman–Crippen LogP) is 3.71. The number of benzene rings is 2. The van der Waals surface area contributed by atoms with Crippen LogP contribution in [0, 0.1) is 12.7 Å². The topological polar surface area (TPSA) is 66.5 Å². The second kappa shape index (κ2) is 8.19. The van der Waals surface area contributed by atoms with E-state index in [0.717, 1.165) is 18.4 Å². The first-order valence-corrected chi connectivity index (χ1v) is 10.4. The molecule has 1 atom stereocenters. The van der Waals surface area contributed by atoms with Crippen LogP contribution in [0.25, 0.3) is 0 Å². The Hall–Kier alpha value is -2.25. The van der Waals surface area contributed by atoms with Crippen molar-refractivity contribution < 1.29 is 17.6 Å². The number of sulfonamides is 1. The first kappa shape index (κ1) is 19.5. The molecule has 1 N–H and O–H groups in total. The van der Waals surface area contributed by atoms with Crippen LogP contribution in [0.1, 0.15) is 31.2 Å². The lowest BCUT2D eigenvalue weighted by Gasteiger charge is -2.34. The van der Waals surface area contributed by atoms with Gasteiger partial charge in [-0.05, 0) is 56.2 Å². The van der Waals surface area contributed by atoms with Crippen molar-refractivity contribution in [3.8, 4) is 0 Å². The quantitative estimate of drug-likeness (QED) is 0.846. The molecule has 2 aromatic carbocycles. The van der Waals surface area contributed by atoms with Crippen molar-refractivity contribution in [2.75, 3.05) is 11.9 Å². The van der Waals surface area contributed by atoms with Crippen LogP contribution in [-0.4, -0.2) is 31.2 Å². The van der Waals surface area contributed by atoms with Gasteiger partial charge in [-0.3, -0.25) is 4.79 Å². The van der Waals surface area contributed by atoms with Crippen molar-refractivity contribution in [1.82, 2.24) is 4.31 Å². The van der Waals surface area contributed by atoms with Gasteiger partial charge in [-0.1, -0.05) is 24.1 Å². The molecule has 5 nitrogen and oxygen atoms in total. The SMILES string of the molecule is Cc1ccc(S(=O)(=O)N2CCCC[C@@H]2CC(=O)Nc2ccc(F)cc2)cc1. The van der Waals surface area contributed by atoms with Crippen molar-refractivity contribution in [2.45, 2.75) is 43.5 Å². The van der Waals surface area contributed by atoms with Gasteiger partial charge < -0.3 is 5.32 Å². The molecule has 1 heterocycles. The maximum atomic E-state index is 13.0. The molecule has 1 fully saturated rings. The Morgan fingerprint density at radius 3 is 2.44 bits per heavy atom. The Morgan fingerprint density at radius 1 is 1.11 bits per heavy atom. The van der Waals surface area contributed by atoms with Gasteiger partial charge in [-0.2, -0.15) is 4.31 Å². The number of halogens is 1. The summed E-state index contributed by atoms with van der Waals surface area (Å²) in [5.41, 5.74) is 1.48. The molecule has 1 amide bonds. The molecule has 27 heavy (non-hydrogen) atoms. The zero-order valence-corrected chi connectivity index (χ0v) is 16.0. The smallest absolute Gasteiger partial charge is 0.243 e. The number of amides is 1. The van der Waals surface area contributed by atoms with E-state index in [-0.39, 0.29) is 29.1 Å². The maximum Gasteiger partial charge on any atom is 0.243 e. The predicted molar refractivity (Wildman–Crippen MR) is 102 cm³/mol. The molecule has 0 aromatic heterocycles. The molecule has 3 rings (SSSR count). The van der Waals surface area contributed by atoms with Gasteiger partial charge in [0.1, 0.15) is 5.82 Å². The molecule has 0 unspecified atom stereocenters. The van der Waals surface area contributed by atoms with Crippen molar-refractivity contribution in [1.29, 1.82) is 0 Å². The van der Waals surface area contributed by atoms with Crippen LogP contribution in [0.4, 0.5) is 10.1 Å². The summed E-state index contributed by atoms with van der Waals surface area (Å²) in [6.45, 7) is 2.31. The Kier molecular flexibility index (Phi) is 5.92. The fourth-order valence-electron chi connectivity index (χ4n) is 3.30. The number of aryl methyl sites for hydroxylation is 1. The third kappa shape index (κ3) is 4.73. The van der Waals surface area contributed by atoms with Gasteiger partial charge in [0.05, 0.1) is 4.90 Å². The Morgan fingerprint density at radius 2 is 1.78 bits per heavy atom. The van der Waals surface area contributed by atoms with E-state index in [0.29, 0.717) is 18.7 Å². The number of piperidine rings is 1. The second-order valence-electron chi connectivity index (χ2n) is 6.84. The zero-order chi connectivity index (χ0) is 19.4. The number of rotatable bonds is 5. The summed E-state index contributed by atoms with van der Waals surface area (Å²) in [6.07, 6.45) is 2.37. The number of nitrogens with one attached hydrogen (secondary N) is 1. The van der Waals surface area contributed by atoms with E-state index in [9.17, 15) is 17.6 Å². The van der Waals surface area contributed by atoms with Gasteiger partial charge in [-0.15, -0.1) is 0 Å². The monoisotopic (exact) mass is 390 g/mol. The summed E-state index contributed by atoms with van der Waals surface area (Å²) in [5.74, 6) is -0.659. The number of anilines is 1. The number of carbonyl (C=O) groups is 1. The van der Waals surface area contributed by atoms with Crippen LogP contribution in [-0.2, 0) is 14.8 Å². The van der Waals surface area contributed by atoms with Crippen LogP contribution in [0.3, 0.4) is 0 Å². The van der Waals surface area contributed by atoms with E-state index < -0.39 is 10.0 Å². The van der Waals surface area contributed by atoms with Crippen molar-refractivity contribution in [2.24, 2.45) is 0 Å². The first-order valence-electron chi connectivity index (χ1n) is 9.00. The van der Waals surface area contributed by atoms with Crippen molar-refractivity contribution in [3.63, 3.8) is 0 Å². The zero-order valence-electron chi connectivity index (χ0n) is 15.2. The van der Waals surface area contributed by atoms with E-state index in [1.807, 2.05) is 6.92 Å². The highest BCUT2D eigenvalue weighted by atomic mass is 32.2. The molecule has 0 aliphatic carbocycles. The molecule has 1 aliphatic rings. The summed E-state index contributed by atoms with van der Waals surface area (Å²) >= 11 is 0.